The number of fused-ring (bicyclic) bond motifs is 1. The second kappa shape index (κ2) is 7.56. The molecule has 8 heteroatoms. The average molecular weight is 441 g/mol. The maximum atomic E-state index is 12.1. The molecule has 2 aromatic carbocycles. The fraction of sp³-hybridized carbons (Fsp3) is 0.118. The van der Waals surface area contributed by atoms with E-state index >= 15 is 0 Å². The van der Waals surface area contributed by atoms with Gasteiger partial charge in [0.25, 0.3) is 5.91 Å². The summed E-state index contributed by atoms with van der Waals surface area (Å²) >= 11 is 15.6. The van der Waals surface area contributed by atoms with E-state index in [4.69, 9.17) is 27.9 Å². The summed E-state index contributed by atoms with van der Waals surface area (Å²) in [5, 5.41) is 4.15. The first kappa shape index (κ1) is 17.9. The second-order valence-corrected chi connectivity index (χ2v) is 6.96. The third-order valence-electron chi connectivity index (χ3n) is 3.40. The Hall–Kier alpha value is -1.89. The van der Waals surface area contributed by atoms with E-state index in [-0.39, 0.29) is 18.4 Å². The fourth-order valence-corrected chi connectivity index (χ4v) is 3.03. The lowest BCUT2D eigenvalue weighted by Crippen LogP contribution is -2.20. The Bertz CT molecular complexity index is 966. The lowest BCUT2D eigenvalue weighted by Gasteiger charge is -2.10. The van der Waals surface area contributed by atoms with Crippen LogP contribution in [0.25, 0.3) is 10.9 Å². The first-order valence-electron chi connectivity index (χ1n) is 7.22. The van der Waals surface area contributed by atoms with E-state index in [1.54, 1.807) is 18.2 Å². The van der Waals surface area contributed by atoms with Gasteiger partial charge in [-0.2, -0.15) is 0 Å². The molecule has 0 aliphatic rings. The largest absolute Gasteiger partial charge is 0.467 e. The number of amides is 1. The molecule has 3 rings (SSSR count). The SMILES string of the molecule is Cc1cc(NC(=O)COc2ncnc3c(Cl)cc(Cl)cc23)ccc1Br. The van der Waals surface area contributed by atoms with Crippen LogP contribution in [0, 0.1) is 6.92 Å². The van der Waals surface area contributed by atoms with E-state index in [9.17, 15) is 4.79 Å². The lowest BCUT2D eigenvalue weighted by atomic mass is 10.2. The molecule has 1 amide bonds. The molecule has 0 aliphatic heterocycles. The standard InChI is InChI=1S/C17H12BrCl2N3O2/c1-9-4-11(2-3-13(9)18)23-15(24)7-25-17-12-5-10(19)6-14(20)16(12)21-8-22-17/h2-6,8H,7H2,1H3,(H,23,24). The van der Waals surface area contributed by atoms with Crippen LogP contribution in [0.4, 0.5) is 5.69 Å². The van der Waals surface area contributed by atoms with Crippen molar-refractivity contribution in [2.45, 2.75) is 6.92 Å². The van der Waals surface area contributed by atoms with Gasteiger partial charge in [-0.1, -0.05) is 39.1 Å². The van der Waals surface area contributed by atoms with Crippen molar-refractivity contribution >= 4 is 61.6 Å². The van der Waals surface area contributed by atoms with Crippen LogP contribution in [-0.2, 0) is 4.79 Å². The molecule has 3 aromatic rings. The van der Waals surface area contributed by atoms with Crippen molar-refractivity contribution in [1.82, 2.24) is 9.97 Å². The minimum atomic E-state index is -0.304. The molecule has 0 saturated carbocycles. The van der Waals surface area contributed by atoms with Gasteiger partial charge >= 0.3 is 0 Å². The molecule has 0 saturated heterocycles. The van der Waals surface area contributed by atoms with E-state index in [0.29, 0.717) is 26.6 Å². The molecule has 5 nitrogen and oxygen atoms in total. The second-order valence-electron chi connectivity index (χ2n) is 5.26. The number of ether oxygens (including phenoxy) is 1. The van der Waals surface area contributed by atoms with Crippen LogP contribution in [0.2, 0.25) is 10.0 Å². The maximum Gasteiger partial charge on any atom is 0.262 e. The number of benzene rings is 2. The molecule has 1 N–H and O–H groups in total. The number of hydrogen-bond acceptors (Lipinski definition) is 4. The number of nitrogens with zero attached hydrogens (tertiary/aromatic N) is 2. The summed E-state index contributed by atoms with van der Waals surface area (Å²) in [6, 6.07) is 8.77. The highest BCUT2D eigenvalue weighted by atomic mass is 79.9. The van der Waals surface area contributed by atoms with Crippen LogP contribution >= 0.6 is 39.1 Å². The topological polar surface area (TPSA) is 64.1 Å². The predicted octanol–water partition coefficient (Wildman–Crippen LogP) is 5.03. The van der Waals surface area contributed by atoms with Crippen molar-refractivity contribution in [3.63, 3.8) is 0 Å². The van der Waals surface area contributed by atoms with Crippen molar-refractivity contribution in [3.8, 4) is 5.88 Å². The number of carbonyl (C=O) groups excluding carboxylic acids is 1. The summed E-state index contributed by atoms with van der Waals surface area (Å²) in [5.74, 6) is -0.0573. The molecular formula is C17H12BrCl2N3O2. The quantitative estimate of drug-likeness (QED) is 0.618. The first-order chi connectivity index (χ1) is 11.9. The highest BCUT2D eigenvalue weighted by Crippen LogP contribution is 2.30. The molecule has 1 heterocycles. The smallest absolute Gasteiger partial charge is 0.262 e. The average Bonchev–Trinajstić information content (AvgIpc) is 2.56. The van der Waals surface area contributed by atoms with Gasteiger partial charge in [0.05, 0.1) is 15.9 Å². The van der Waals surface area contributed by atoms with Gasteiger partial charge in [0, 0.05) is 15.2 Å². The normalized spacial score (nSPS) is 10.7. The first-order valence-corrected chi connectivity index (χ1v) is 8.77. The lowest BCUT2D eigenvalue weighted by molar-refractivity contribution is -0.118. The molecule has 0 fully saturated rings. The number of aryl methyl sites for hydroxylation is 1. The molecular weight excluding hydrogens is 429 g/mol. The number of carbonyl (C=O) groups is 1. The van der Waals surface area contributed by atoms with Gasteiger partial charge in [-0.3, -0.25) is 4.79 Å². The number of anilines is 1. The van der Waals surface area contributed by atoms with Crippen LogP contribution in [0.3, 0.4) is 0 Å². The van der Waals surface area contributed by atoms with E-state index < -0.39 is 0 Å². The van der Waals surface area contributed by atoms with E-state index in [1.807, 2.05) is 19.1 Å². The van der Waals surface area contributed by atoms with Crippen molar-refractivity contribution in [1.29, 1.82) is 0 Å². The van der Waals surface area contributed by atoms with Crippen molar-refractivity contribution in [3.05, 3.63) is 56.7 Å². The summed E-state index contributed by atoms with van der Waals surface area (Å²) in [7, 11) is 0. The number of nitrogens with one attached hydrogen (secondary N) is 1. The van der Waals surface area contributed by atoms with Crippen LogP contribution in [-0.4, -0.2) is 22.5 Å². The zero-order valence-corrected chi connectivity index (χ0v) is 16.1. The summed E-state index contributed by atoms with van der Waals surface area (Å²) < 4.78 is 6.50. The Morgan fingerprint density at radius 1 is 1.24 bits per heavy atom. The Morgan fingerprint density at radius 2 is 2.04 bits per heavy atom. The van der Waals surface area contributed by atoms with Gasteiger partial charge in [-0.25, -0.2) is 9.97 Å². The summed E-state index contributed by atoms with van der Waals surface area (Å²) in [5.41, 5.74) is 2.22. The molecule has 0 atom stereocenters. The number of halogens is 3. The summed E-state index contributed by atoms with van der Waals surface area (Å²) in [6.07, 6.45) is 1.33. The number of hydrogen-bond donors (Lipinski definition) is 1. The van der Waals surface area contributed by atoms with Gasteiger partial charge in [-0.15, -0.1) is 0 Å². The van der Waals surface area contributed by atoms with Gasteiger partial charge in [0.15, 0.2) is 6.61 Å². The molecule has 128 valence electrons. The van der Waals surface area contributed by atoms with Gasteiger partial charge < -0.3 is 10.1 Å². The maximum absolute atomic E-state index is 12.1. The Labute approximate surface area is 162 Å². The third kappa shape index (κ3) is 4.21. The minimum Gasteiger partial charge on any atom is -0.467 e. The highest BCUT2D eigenvalue weighted by Gasteiger charge is 2.12. The summed E-state index contributed by atoms with van der Waals surface area (Å²) in [4.78, 5) is 20.3. The molecule has 25 heavy (non-hydrogen) atoms. The number of rotatable bonds is 4. The summed E-state index contributed by atoms with van der Waals surface area (Å²) in [6.45, 7) is 1.74. The monoisotopic (exact) mass is 439 g/mol. The molecule has 0 unspecified atom stereocenters. The molecule has 0 radical (unpaired) electrons. The van der Waals surface area contributed by atoms with Crippen molar-refractivity contribution in [2.75, 3.05) is 11.9 Å². The van der Waals surface area contributed by atoms with Gasteiger partial charge in [0.1, 0.15) is 6.33 Å². The van der Waals surface area contributed by atoms with Crippen LogP contribution in [0.5, 0.6) is 5.88 Å². The predicted molar refractivity (Wildman–Crippen MR) is 103 cm³/mol. The fourth-order valence-electron chi connectivity index (χ4n) is 2.24. The van der Waals surface area contributed by atoms with E-state index in [2.05, 4.69) is 31.2 Å². The zero-order chi connectivity index (χ0) is 18.0. The van der Waals surface area contributed by atoms with Gasteiger partial charge in [0.2, 0.25) is 5.88 Å². The van der Waals surface area contributed by atoms with Crippen LogP contribution < -0.4 is 10.1 Å². The van der Waals surface area contributed by atoms with E-state index in [0.717, 1.165) is 10.0 Å². The van der Waals surface area contributed by atoms with Crippen LogP contribution in [0.15, 0.2) is 41.1 Å². The van der Waals surface area contributed by atoms with Crippen molar-refractivity contribution < 1.29 is 9.53 Å². The van der Waals surface area contributed by atoms with Crippen molar-refractivity contribution in [2.24, 2.45) is 0 Å². The number of aromatic nitrogens is 2. The molecule has 1 aromatic heterocycles. The molecule has 0 bridgehead atoms. The Kier molecular flexibility index (Phi) is 5.42. The Morgan fingerprint density at radius 3 is 2.80 bits per heavy atom. The van der Waals surface area contributed by atoms with E-state index in [1.165, 1.54) is 6.33 Å². The van der Waals surface area contributed by atoms with Crippen LogP contribution in [0.1, 0.15) is 5.56 Å². The molecule has 0 aliphatic carbocycles. The van der Waals surface area contributed by atoms with Gasteiger partial charge in [-0.05, 0) is 42.8 Å². The zero-order valence-electron chi connectivity index (χ0n) is 13.0. The minimum absolute atomic E-state index is 0.203. The molecule has 0 spiro atoms. The highest BCUT2D eigenvalue weighted by molar-refractivity contribution is 9.10. The third-order valence-corrected chi connectivity index (χ3v) is 4.80. The Balaban J connectivity index is 1.74.